The highest BCUT2D eigenvalue weighted by Crippen LogP contribution is 2.43. The maximum atomic E-state index is 11.2. The van der Waals surface area contributed by atoms with Gasteiger partial charge in [-0.2, -0.15) is 0 Å². The molecule has 0 saturated heterocycles. The lowest BCUT2D eigenvalue weighted by molar-refractivity contribution is 0.0684. The number of carboxylic acids is 1. The van der Waals surface area contributed by atoms with Crippen molar-refractivity contribution in [3.05, 3.63) is 65.1 Å². The lowest BCUT2D eigenvalue weighted by Crippen LogP contribution is -2.35. The summed E-state index contributed by atoms with van der Waals surface area (Å²) in [4.78, 5) is 19.2. The Morgan fingerprint density at radius 2 is 2.09 bits per heavy atom. The van der Waals surface area contributed by atoms with Gasteiger partial charge in [-0.05, 0) is 17.7 Å². The highest BCUT2D eigenvalue weighted by Gasteiger charge is 2.38. The second-order valence-electron chi connectivity index (χ2n) is 5.26. The Kier molecular flexibility index (Phi) is 2.63. The molecular formula is C17H12N2O3. The number of aromatic nitrogens is 2. The van der Waals surface area contributed by atoms with Crippen molar-refractivity contribution in [2.45, 2.75) is 12.0 Å². The molecule has 1 atom stereocenters. The third-order valence-electron chi connectivity index (χ3n) is 3.98. The van der Waals surface area contributed by atoms with Gasteiger partial charge in [-0.25, -0.2) is 14.8 Å². The highest BCUT2D eigenvalue weighted by atomic mass is 16.5. The molecule has 2 aromatic rings. The number of hydrogen-bond acceptors (Lipinski definition) is 4. The molecule has 2 aliphatic rings. The van der Waals surface area contributed by atoms with E-state index in [0.29, 0.717) is 17.9 Å². The minimum Gasteiger partial charge on any atom is -0.476 e. The summed E-state index contributed by atoms with van der Waals surface area (Å²) in [6, 6.07) is 8.00. The van der Waals surface area contributed by atoms with E-state index in [4.69, 9.17) is 4.74 Å². The largest absolute Gasteiger partial charge is 0.476 e. The molecule has 1 unspecified atom stereocenters. The van der Waals surface area contributed by atoms with Crippen molar-refractivity contribution in [2.75, 3.05) is 0 Å². The number of hydrogen-bond donors (Lipinski definition) is 1. The Morgan fingerprint density at radius 3 is 2.95 bits per heavy atom. The van der Waals surface area contributed by atoms with Gasteiger partial charge in [-0.1, -0.05) is 36.4 Å². The summed E-state index contributed by atoms with van der Waals surface area (Å²) in [6.45, 7) is 0. The number of aromatic carboxylic acids is 1. The topological polar surface area (TPSA) is 72.3 Å². The zero-order valence-corrected chi connectivity index (χ0v) is 11.6. The summed E-state index contributed by atoms with van der Waals surface area (Å²) in [5.74, 6) is -0.785. The number of fused-ring (bicyclic) bond motifs is 3. The zero-order chi connectivity index (χ0) is 15.2. The molecule has 108 valence electrons. The van der Waals surface area contributed by atoms with Crippen molar-refractivity contribution in [3.63, 3.8) is 0 Å². The number of nitrogens with zero attached hydrogens (tertiary/aromatic N) is 2. The Morgan fingerprint density at radius 1 is 1.23 bits per heavy atom. The molecule has 1 aromatic carbocycles. The van der Waals surface area contributed by atoms with Crippen LogP contribution in [0.5, 0.6) is 5.88 Å². The van der Waals surface area contributed by atoms with Crippen molar-refractivity contribution >= 4 is 18.1 Å². The lowest BCUT2D eigenvalue weighted by Gasteiger charge is -2.36. The third-order valence-corrected chi connectivity index (χ3v) is 3.98. The van der Waals surface area contributed by atoms with E-state index < -0.39 is 11.6 Å². The van der Waals surface area contributed by atoms with Crippen LogP contribution >= 0.6 is 0 Å². The van der Waals surface area contributed by atoms with Crippen LogP contribution < -0.4 is 4.74 Å². The van der Waals surface area contributed by atoms with Crippen LogP contribution in [0.4, 0.5) is 0 Å². The molecular weight excluding hydrogens is 280 g/mol. The number of carbonyl (C=O) groups is 1. The minimum absolute atomic E-state index is 0.0456. The van der Waals surface area contributed by atoms with Crippen LogP contribution in [-0.4, -0.2) is 21.0 Å². The first-order valence-corrected chi connectivity index (χ1v) is 6.92. The van der Waals surface area contributed by atoms with Crippen molar-refractivity contribution in [1.82, 2.24) is 9.97 Å². The van der Waals surface area contributed by atoms with E-state index in [1.165, 1.54) is 6.33 Å². The van der Waals surface area contributed by atoms with Crippen molar-refractivity contribution < 1.29 is 14.6 Å². The van der Waals surface area contributed by atoms with Crippen LogP contribution in [-0.2, 0) is 5.60 Å². The standard InChI is InChI=1S/C17H12N2O3/c20-16(21)14-12-7-9-17(22-15(12)19-10-18-14)8-3-5-11-4-1-2-6-13(11)17/h1-7,9-10H,8H2,(H,20,21). The maximum absolute atomic E-state index is 11.2. The highest BCUT2D eigenvalue weighted by molar-refractivity contribution is 5.91. The average molecular weight is 292 g/mol. The second-order valence-corrected chi connectivity index (χ2v) is 5.26. The van der Waals surface area contributed by atoms with Crippen LogP contribution in [0.3, 0.4) is 0 Å². The molecule has 0 saturated carbocycles. The molecule has 1 aliphatic carbocycles. The van der Waals surface area contributed by atoms with Crippen LogP contribution in [0.2, 0.25) is 0 Å². The number of benzene rings is 1. The normalized spacial score (nSPS) is 21.1. The van der Waals surface area contributed by atoms with Gasteiger partial charge in [0, 0.05) is 12.0 Å². The fraction of sp³-hybridized carbons (Fsp3) is 0.118. The van der Waals surface area contributed by atoms with Gasteiger partial charge in [0.25, 0.3) is 0 Å². The molecule has 1 aliphatic heterocycles. The fourth-order valence-electron chi connectivity index (χ4n) is 2.96. The molecule has 4 rings (SSSR count). The molecule has 5 heteroatoms. The van der Waals surface area contributed by atoms with Gasteiger partial charge in [-0.15, -0.1) is 0 Å². The van der Waals surface area contributed by atoms with Crippen molar-refractivity contribution in [2.24, 2.45) is 0 Å². The number of rotatable bonds is 1. The van der Waals surface area contributed by atoms with Gasteiger partial charge in [0.15, 0.2) is 11.3 Å². The van der Waals surface area contributed by atoms with Crippen LogP contribution in [0.1, 0.15) is 33.6 Å². The van der Waals surface area contributed by atoms with E-state index in [1.54, 1.807) is 6.08 Å². The van der Waals surface area contributed by atoms with Crippen molar-refractivity contribution in [3.8, 4) is 5.88 Å². The molecule has 22 heavy (non-hydrogen) atoms. The van der Waals surface area contributed by atoms with Crippen molar-refractivity contribution in [1.29, 1.82) is 0 Å². The molecule has 2 heterocycles. The van der Waals surface area contributed by atoms with Gasteiger partial charge >= 0.3 is 5.97 Å². The van der Waals surface area contributed by atoms with Gasteiger partial charge in [0.2, 0.25) is 5.88 Å². The third kappa shape index (κ3) is 1.75. The van der Waals surface area contributed by atoms with E-state index in [0.717, 1.165) is 11.1 Å². The summed E-state index contributed by atoms with van der Waals surface area (Å²) in [5.41, 5.74) is 1.87. The van der Waals surface area contributed by atoms with E-state index in [1.807, 2.05) is 30.3 Å². The summed E-state index contributed by atoms with van der Waals surface area (Å²) in [5, 5.41) is 9.21. The monoisotopic (exact) mass is 292 g/mol. The number of ether oxygens (including phenoxy) is 1. The molecule has 1 aromatic heterocycles. The van der Waals surface area contributed by atoms with Gasteiger partial charge in [0.05, 0.1) is 5.56 Å². The van der Waals surface area contributed by atoms with E-state index in [2.05, 4.69) is 22.1 Å². The number of carboxylic acid groups (broad SMARTS) is 1. The lowest BCUT2D eigenvalue weighted by atomic mass is 9.81. The van der Waals surface area contributed by atoms with Gasteiger partial charge in [-0.3, -0.25) is 0 Å². The van der Waals surface area contributed by atoms with E-state index in [9.17, 15) is 9.90 Å². The molecule has 0 fully saturated rings. The Hall–Kier alpha value is -2.95. The first kappa shape index (κ1) is 12.8. The quantitative estimate of drug-likeness (QED) is 0.875. The molecule has 0 bridgehead atoms. The molecule has 0 radical (unpaired) electrons. The summed E-state index contributed by atoms with van der Waals surface area (Å²) < 4.78 is 6.13. The minimum atomic E-state index is -1.09. The predicted octanol–water partition coefficient (Wildman–Crippen LogP) is 2.89. The van der Waals surface area contributed by atoms with Gasteiger partial charge in [0.1, 0.15) is 6.33 Å². The van der Waals surface area contributed by atoms with Crippen LogP contribution in [0.25, 0.3) is 12.2 Å². The second kappa shape index (κ2) is 4.53. The molecule has 0 amide bonds. The smallest absolute Gasteiger partial charge is 0.355 e. The molecule has 5 nitrogen and oxygen atoms in total. The fourth-order valence-corrected chi connectivity index (χ4v) is 2.96. The predicted molar refractivity (Wildman–Crippen MR) is 80.4 cm³/mol. The Bertz CT molecular complexity index is 842. The first-order valence-electron chi connectivity index (χ1n) is 6.92. The van der Waals surface area contributed by atoms with E-state index >= 15 is 0 Å². The van der Waals surface area contributed by atoms with Crippen LogP contribution in [0.15, 0.2) is 42.7 Å². The van der Waals surface area contributed by atoms with Gasteiger partial charge < -0.3 is 9.84 Å². The summed E-state index contributed by atoms with van der Waals surface area (Å²) in [6.07, 6.45) is 9.66. The Balaban J connectivity index is 1.86. The Labute approximate surface area is 126 Å². The molecule has 1 N–H and O–H groups in total. The van der Waals surface area contributed by atoms with E-state index in [-0.39, 0.29) is 5.69 Å². The van der Waals surface area contributed by atoms with Crippen LogP contribution in [0, 0.1) is 0 Å². The zero-order valence-electron chi connectivity index (χ0n) is 11.6. The first-order chi connectivity index (χ1) is 10.7. The average Bonchev–Trinajstić information content (AvgIpc) is 2.54. The SMILES string of the molecule is O=C(O)c1ncnc2c1C=CC1(CC=Cc3ccccc31)O2. The summed E-state index contributed by atoms with van der Waals surface area (Å²) >= 11 is 0. The maximum Gasteiger partial charge on any atom is 0.355 e. The summed E-state index contributed by atoms with van der Waals surface area (Å²) in [7, 11) is 0. The molecule has 1 spiro atoms.